The van der Waals surface area contributed by atoms with Crippen molar-refractivity contribution in [2.24, 2.45) is 0 Å². The zero-order chi connectivity index (χ0) is 17.9. The summed E-state index contributed by atoms with van der Waals surface area (Å²) in [4.78, 5) is 27.2. The summed E-state index contributed by atoms with van der Waals surface area (Å²) in [5.74, 6) is -0.303. The van der Waals surface area contributed by atoms with Crippen LogP contribution in [0.15, 0.2) is 4.79 Å². The van der Waals surface area contributed by atoms with Crippen molar-refractivity contribution in [1.29, 1.82) is 0 Å². The lowest BCUT2D eigenvalue weighted by Crippen LogP contribution is -2.59. The number of aryl methyl sites for hydroxylation is 1. The van der Waals surface area contributed by atoms with Gasteiger partial charge in [0.1, 0.15) is 5.56 Å². The summed E-state index contributed by atoms with van der Waals surface area (Å²) < 4.78 is 5.49. The van der Waals surface area contributed by atoms with E-state index < -0.39 is 5.56 Å². The monoisotopic (exact) mass is 348 g/mol. The second-order valence-electron chi connectivity index (χ2n) is 7.21. The van der Waals surface area contributed by atoms with Crippen LogP contribution in [0.5, 0.6) is 0 Å². The number of hydrogen-bond acceptors (Lipinski definition) is 5. The number of ether oxygens (including phenoxy) is 1. The highest BCUT2D eigenvalue weighted by atomic mass is 16.5. The number of carbonyl (C=O) groups is 1. The maximum absolute atomic E-state index is 12.7. The average Bonchev–Trinajstić information content (AvgIpc) is 2.65. The fourth-order valence-corrected chi connectivity index (χ4v) is 4.08. The first-order valence-corrected chi connectivity index (χ1v) is 9.20. The molecule has 7 heteroatoms. The van der Waals surface area contributed by atoms with E-state index in [1.165, 1.54) is 19.3 Å². The lowest BCUT2D eigenvalue weighted by Gasteiger charge is -2.48. The molecule has 1 saturated heterocycles. The number of hydrogen-bond donors (Lipinski definition) is 2. The highest BCUT2D eigenvalue weighted by Crippen LogP contribution is 2.33. The van der Waals surface area contributed by atoms with Gasteiger partial charge in [0.05, 0.1) is 18.9 Å². The standard InChI is InChI=1S/C18H28N4O3/c1-13-14(2)20-21-17(24)15(13)16(23)19-12-18(6-4-3-5-7-18)22-8-10-25-11-9-22/h3-12H2,1-2H3,(H,19,23)(H,21,24). The summed E-state index contributed by atoms with van der Waals surface area (Å²) in [6.45, 7) is 7.44. The van der Waals surface area contributed by atoms with Gasteiger partial charge in [-0.05, 0) is 32.3 Å². The van der Waals surface area contributed by atoms with E-state index in [1.807, 2.05) is 0 Å². The van der Waals surface area contributed by atoms with Crippen molar-refractivity contribution in [3.8, 4) is 0 Å². The summed E-state index contributed by atoms with van der Waals surface area (Å²) in [6, 6.07) is 0. The zero-order valence-corrected chi connectivity index (χ0v) is 15.2. The summed E-state index contributed by atoms with van der Waals surface area (Å²) in [7, 11) is 0. The van der Waals surface area contributed by atoms with Crippen molar-refractivity contribution in [3.63, 3.8) is 0 Å². The Morgan fingerprint density at radius 1 is 1.24 bits per heavy atom. The van der Waals surface area contributed by atoms with Gasteiger partial charge in [-0.15, -0.1) is 0 Å². The third-order valence-electron chi connectivity index (χ3n) is 5.74. The molecule has 2 fully saturated rings. The minimum atomic E-state index is -0.426. The number of morpholine rings is 1. The van der Waals surface area contributed by atoms with E-state index in [0.717, 1.165) is 39.1 Å². The van der Waals surface area contributed by atoms with Crippen molar-refractivity contribution >= 4 is 5.91 Å². The molecule has 1 aromatic heterocycles. The number of nitrogens with zero attached hydrogens (tertiary/aromatic N) is 2. The maximum Gasteiger partial charge on any atom is 0.277 e. The molecule has 1 saturated carbocycles. The molecule has 0 unspecified atom stereocenters. The van der Waals surface area contributed by atoms with Crippen LogP contribution in [0, 0.1) is 13.8 Å². The predicted octanol–water partition coefficient (Wildman–Crippen LogP) is 1.15. The number of carbonyl (C=O) groups excluding carboxylic acids is 1. The minimum absolute atomic E-state index is 0.0135. The molecule has 1 aromatic rings. The fourth-order valence-electron chi connectivity index (χ4n) is 4.08. The van der Waals surface area contributed by atoms with Crippen LogP contribution in [0.2, 0.25) is 0 Å². The van der Waals surface area contributed by atoms with Gasteiger partial charge in [0.2, 0.25) is 0 Å². The van der Waals surface area contributed by atoms with Crippen LogP contribution in [0.1, 0.15) is 53.7 Å². The van der Waals surface area contributed by atoms with Gasteiger partial charge in [-0.1, -0.05) is 19.3 Å². The van der Waals surface area contributed by atoms with Gasteiger partial charge < -0.3 is 10.1 Å². The first kappa shape index (κ1) is 18.1. The number of nitrogens with one attached hydrogen (secondary N) is 2. The topological polar surface area (TPSA) is 87.3 Å². The van der Waals surface area contributed by atoms with Crippen LogP contribution < -0.4 is 10.9 Å². The molecule has 0 spiro atoms. The molecule has 25 heavy (non-hydrogen) atoms. The van der Waals surface area contributed by atoms with Crippen LogP contribution in [-0.2, 0) is 4.74 Å². The van der Waals surface area contributed by atoms with Crippen molar-refractivity contribution in [1.82, 2.24) is 20.4 Å². The number of aromatic amines is 1. The van der Waals surface area contributed by atoms with E-state index in [1.54, 1.807) is 13.8 Å². The Morgan fingerprint density at radius 3 is 2.60 bits per heavy atom. The number of rotatable bonds is 4. The molecule has 0 atom stereocenters. The fraction of sp³-hybridized carbons (Fsp3) is 0.722. The van der Waals surface area contributed by atoms with Gasteiger partial charge in [0.25, 0.3) is 11.5 Å². The molecule has 2 aliphatic rings. The van der Waals surface area contributed by atoms with Crippen LogP contribution in [0.3, 0.4) is 0 Å². The number of aromatic nitrogens is 2. The Hall–Kier alpha value is -1.73. The molecule has 0 aromatic carbocycles. The molecule has 1 aliphatic heterocycles. The van der Waals surface area contributed by atoms with Crippen LogP contribution in [0.25, 0.3) is 0 Å². The lowest BCUT2D eigenvalue weighted by molar-refractivity contribution is -0.0361. The van der Waals surface area contributed by atoms with E-state index in [2.05, 4.69) is 20.4 Å². The Morgan fingerprint density at radius 2 is 1.92 bits per heavy atom. The molecular formula is C18H28N4O3. The largest absolute Gasteiger partial charge is 0.379 e. The quantitative estimate of drug-likeness (QED) is 0.852. The molecule has 0 bridgehead atoms. The summed E-state index contributed by atoms with van der Waals surface area (Å²) in [6.07, 6.45) is 5.78. The van der Waals surface area contributed by atoms with Crippen LogP contribution in [-0.4, -0.2) is 59.4 Å². The molecule has 0 radical (unpaired) electrons. The summed E-state index contributed by atoms with van der Waals surface area (Å²) >= 11 is 0. The normalized spacial score (nSPS) is 21.0. The molecule has 2 N–H and O–H groups in total. The number of amides is 1. The first-order valence-electron chi connectivity index (χ1n) is 9.20. The van der Waals surface area contributed by atoms with Gasteiger partial charge in [0, 0.05) is 25.2 Å². The van der Waals surface area contributed by atoms with Crippen molar-refractivity contribution in [3.05, 3.63) is 27.2 Å². The molecule has 138 valence electrons. The van der Waals surface area contributed by atoms with Crippen LogP contribution in [0.4, 0.5) is 0 Å². The van der Waals surface area contributed by atoms with E-state index in [9.17, 15) is 9.59 Å². The molecule has 2 heterocycles. The zero-order valence-electron chi connectivity index (χ0n) is 15.2. The molecule has 1 aliphatic carbocycles. The SMILES string of the molecule is Cc1n[nH]c(=O)c(C(=O)NCC2(N3CCOCC3)CCCCC2)c1C. The average molecular weight is 348 g/mol. The smallest absolute Gasteiger partial charge is 0.277 e. The maximum atomic E-state index is 12.7. The Labute approximate surface area is 148 Å². The lowest BCUT2D eigenvalue weighted by atomic mass is 9.79. The summed E-state index contributed by atoms with van der Waals surface area (Å²) in [5.41, 5.74) is 1.06. The third kappa shape index (κ3) is 3.77. The van der Waals surface area contributed by atoms with E-state index >= 15 is 0 Å². The molecule has 7 nitrogen and oxygen atoms in total. The highest BCUT2D eigenvalue weighted by molar-refractivity contribution is 5.95. The molecular weight excluding hydrogens is 320 g/mol. The molecule has 1 amide bonds. The van der Waals surface area contributed by atoms with Gasteiger partial charge >= 0.3 is 0 Å². The van der Waals surface area contributed by atoms with Gasteiger partial charge in [-0.3, -0.25) is 14.5 Å². The Kier molecular flexibility index (Phi) is 5.54. The summed E-state index contributed by atoms with van der Waals surface area (Å²) in [5, 5.41) is 9.37. The Balaban J connectivity index is 1.76. The van der Waals surface area contributed by atoms with Crippen molar-refractivity contribution in [2.45, 2.75) is 51.5 Å². The van der Waals surface area contributed by atoms with Crippen molar-refractivity contribution in [2.75, 3.05) is 32.8 Å². The van der Waals surface area contributed by atoms with Gasteiger partial charge in [-0.2, -0.15) is 5.10 Å². The van der Waals surface area contributed by atoms with Gasteiger partial charge in [-0.25, -0.2) is 5.10 Å². The Bertz CT molecular complexity index is 673. The minimum Gasteiger partial charge on any atom is -0.379 e. The van der Waals surface area contributed by atoms with E-state index in [-0.39, 0.29) is 17.0 Å². The van der Waals surface area contributed by atoms with Gasteiger partial charge in [0.15, 0.2) is 0 Å². The van der Waals surface area contributed by atoms with E-state index in [0.29, 0.717) is 17.8 Å². The first-order chi connectivity index (χ1) is 12.0. The second-order valence-corrected chi connectivity index (χ2v) is 7.21. The van der Waals surface area contributed by atoms with Crippen LogP contribution >= 0.6 is 0 Å². The molecule has 3 rings (SSSR count). The third-order valence-corrected chi connectivity index (χ3v) is 5.74. The number of H-pyrrole nitrogens is 1. The predicted molar refractivity (Wildman–Crippen MR) is 94.9 cm³/mol. The van der Waals surface area contributed by atoms with Crippen molar-refractivity contribution < 1.29 is 9.53 Å². The second kappa shape index (κ2) is 7.66. The van der Waals surface area contributed by atoms with E-state index in [4.69, 9.17) is 4.74 Å². The highest BCUT2D eigenvalue weighted by Gasteiger charge is 2.39.